The molecule has 3 N–H and O–H groups in total. The van der Waals surface area contributed by atoms with Gasteiger partial charge in [-0.25, -0.2) is 4.79 Å². The van der Waals surface area contributed by atoms with E-state index in [0.717, 1.165) is 5.56 Å². The molecule has 0 aliphatic rings. The molecule has 0 unspecified atom stereocenters. The molecule has 130 valence electrons. The third-order valence-corrected chi connectivity index (χ3v) is 3.49. The Morgan fingerprint density at radius 1 is 1.17 bits per heavy atom. The lowest BCUT2D eigenvalue weighted by atomic mass is 10.0. The second-order valence-electron chi connectivity index (χ2n) is 5.56. The first-order valence-electron chi connectivity index (χ1n) is 7.89. The Hall–Kier alpha value is -2.63. The number of unbranched alkanes of at least 4 members (excludes halogenated alkanes) is 1. The highest BCUT2D eigenvalue weighted by atomic mass is 16.4. The van der Waals surface area contributed by atoms with Gasteiger partial charge in [0.05, 0.1) is 0 Å². The Bertz CT molecular complexity index is 572. The van der Waals surface area contributed by atoms with Gasteiger partial charge in [-0.1, -0.05) is 36.4 Å². The maximum atomic E-state index is 12.4. The van der Waals surface area contributed by atoms with Crippen molar-refractivity contribution >= 4 is 17.8 Å². The van der Waals surface area contributed by atoms with Crippen molar-refractivity contribution in [2.45, 2.75) is 44.7 Å². The van der Waals surface area contributed by atoms with E-state index in [4.69, 9.17) is 0 Å². The molecule has 6 heteroatoms. The highest BCUT2D eigenvalue weighted by Gasteiger charge is 2.25. The summed E-state index contributed by atoms with van der Waals surface area (Å²) in [6.45, 7) is 4.91. The Morgan fingerprint density at radius 2 is 1.83 bits per heavy atom. The van der Waals surface area contributed by atoms with Crippen molar-refractivity contribution in [1.82, 2.24) is 10.6 Å². The fourth-order valence-corrected chi connectivity index (χ4v) is 2.30. The number of nitrogens with one attached hydrogen (secondary N) is 2. The average molecular weight is 332 g/mol. The van der Waals surface area contributed by atoms with Crippen LogP contribution in [0.4, 0.5) is 0 Å². The zero-order chi connectivity index (χ0) is 17.9. The summed E-state index contributed by atoms with van der Waals surface area (Å²) in [7, 11) is 0. The molecule has 0 aliphatic heterocycles. The highest BCUT2D eigenvalue weighted by Crippen LogP contribution is 2.06. The van der Waals surface area contributed by atoms with Crippen molar-refractivity contribution in [3.05, 3.63) is 48.6 Å². The lowest BCUT2D eigenvalue weighted by molar-refractivity contribution is -0.142. The van der Waals surface area contributed by atoms with Crippen molar-refractivity contribution < 1.29 is 19.5 Å². The van der Waals surface area contributed by atoms with Crippen LogP contribution in [0.15, 0.2) is 43.0 Å². The van der Waals surface area contributed by atoms with Gasteiger partial charge in [0.15, 0.2) is 0 Å². The summed E-state index contributed by atoms with van der Waals surface area (Å²) in [6, 6.07) is 7.44. The van der Waals surface area contributed by atoms with E-state index >= 15 is 0 Å². The topological polar surface area (TPSA) is 95.5 Å². The molecule has 0 aromatic heterocycles. The summed E-state index contributed by atoms with van der Waals surface area (Å²) in [6.07, 6.45) is 3.61. The van der Waals surface area contributed by atoms with Crippen molar-refractivity contribution in [2.75, 3.05) is 0 Å². The van der Waals surface area contributed by atoms with Crippen molar-refractivity contribution in [1.29, 1.82) is 0 Å². The lowest BCUT2D eigenvalue weighted by Crippen LogP contribution is -2.52. The minimum atomic E-state index is -1.09. The fraction of sp³-hybridized carbons (Fsp3) is 0.389. The van der Waals surface area contributed by atoms with Crippen molar-refractivity contribution in [3.8, 4) is 0 Å². The summed E-state index contributed by atoms with van der Waals surface area (Å²) in [5.41, 5.74) is 0.880. The predicted molar refractivity (Wildman–Crippen MR) is 91.4 cm³/mol. The maximum Gasteiger partial charge on any atom is 0.326 e. The number of rotatable bonds is 10. The summed E-state index contributed by atoms with van der Waals surface area (Å²) in [5.74, 6) is -1.93. The van der Waals surface area contributed by atoms with Gasteiger partial charge in [-0.05, 0) is 24.8 Å². The number of hydrogen-bond acceptors (Lipinski definition) is 3. The Morgan fingerprint density at radius 3 is 2.38 bits per heavy atom. The normalized spacial score (nSPS) is 12.7. The summed E-state index contributed by atoms with van der Waals surface area (Å²) in [4.78, 5) is 35.1. The van der Waals surface area contributed by atoms with E-state index in [2.05, 4.69) is 17.2 Å². The lowest BCUT2D eigenvalue weighted by Gasteiger charge is -2.21. The molecule has 0 fully saturated rings. The first-order chi connectivity index (χ1) is 11.4. The second kappa shape index (κ2) is 10.2. The molecule has 1 aromatic carbocycles. The number of hydrogen-bond donors (Lipinski definition) is 3. The number of benzene rings is 1. The molecule has 0 saturated carbocycles. The third kappa shape index (κ3) is 7.09. The molecule has 24 heavy (non-hydrogen) atoms. The van der Waals surface area contributed by atoms with Crippen LogP contribution in [0, 0.1) is 0 Å². The number of carbonyl (C=O) groups is 3. The Balaban J connectivity index is 2.76. The SMILES string of the molecule is C=CCCC[C@H](NC(=O)[C@@H](Cc1ccccc1)NC(C)=O)C(=O)O. The largest absolute Gasteiger partial charge is 0.480 e. The highest BCUT2D eigenvalue weighted by molar-refractivity contribution is 5.90. The van der Waals surface area contributed by atoms with Gasteiger partial charge >= 0.3 is 5.97 Å². The molecule has 2 amide bonds. The summed E-state index contributed by atoms with van der Waals surface area (Å²) >= 11 is 0. The van der Waals surface area contributed by atoms with E-state index in [1.54, 1.807) is 6.08 Å². The smallest absolute Gasteiger partial charge is 0.326 e. The van der Waals surface area contributed by atoms with Crippen LogP contribution >= 0.6 is 0 Å². The molecule has 2 atom stereocenters. The van der Waals surface area contributed by atoms with Gasteiger partial charge in [0, 0.05) is 13.3 Å². The van der Waals surface area contributed by atoms with Crippen LogP contribution in [0.1, 0.15) is 31.7 Å². The minimum Gasteiger partial charge on any atom is -0.480 e. The molecule has 6 nitrogen and oxygen atoms in total. The molecule has 0 heterocycles. The van der Waals surface area contributed by atoms with Crippen LogP contribution in [-0.4, -0.2) is 35.0 Å². The quantitative estimate of drug-likeness (QED) is 0.448. The van der Waals surface area contributed by atoms with Crippen LogP contribution in [0.25, 0.3) is 0 Å². The van der Waals surface area contributed by atoms with Crippen LogP contribution in [-0.2, 0) is 20.8 Å². The Kier molecular flexibility index (Phi) is 8.25. The number of carboxylic acids is 1. The van der Waals surface area contributed by atoms with Crippen LogP contribution in [0.5, 0.6) is 0 Å². The standard InChI is InChI=1S/C18H24N2O4/c1-3-4-6-11-15(18(23)24)20-17(22)16(19-13(2)21)12-14-9-7-5-8-10-14/h3,5,7-10,15-16H,1,4,6,11-12H2,2H3,(H,19,21)(H,20,22)(H,23,24)/t15-,16+/m0/s1. The van der Waals surface area contributed by atoms with E-state index in [-0.39, 0.29) is 5.91 Å². The van der Waals surface area contributed by atoms with Gasteiger partial charge in [-0.2, -0.15) is 0 Å². The van der Waals surface area contributed by atoms with E-state index < -0.39 is 24.0 Å². The van der Waals surface area contributed by atoms with Gasteiger partial charge < -0.3 is 15.7 Å². The molecule has 1 rings (SSSR count). The molecule has 0 spiro atoms. The molecular formula is C18H24N2O4. The number of carboxylic acid groups (broad SMARTS) is 1. The zero-order valence-corrected chi connectivity index (χ0v) is 13.8. The molecule has 1 aromatic rings. The number of amides is 2. The van der Waals surface area contributed by atoms with Crippen LogP contribution in [0.2, 0.25) is 0 Å². The minimum absolute atomic E-state index is 0.297. The van der Waals surface area contributed by atoms with Gasteiger partial charge in [-0.3, -0.25) is 9.59 Å². The molecular weight excluding hydrogens is 308 g/mol. The molecule has 0 bridgehead atoms. The molecule has 0 radical (unpaired) electrons. The maximum absolute atomic E-state index is 12.4. The second-order valence-corrected chi connectivity index (χ2v) is 5.56. The molecule has 0 saturated heterocycles. The van der Waals surface area contributed by atoms with Gasteiger partial charge in [0.25, 0.3) is 0 Å². The van der Waals surface area contributed by atoms with E-state index in [1.807, 2.05) is 30.3 Å². The van der Waals surface area contributed by atoms with Gasteiger partial charge in [0.2, 0.25) is 11.8 Å². The van der Waals surface area contributed by atoms with Gasteiger partial charge in [-0.15, -0.1) is 6.58 Å². The van der Waals surface area contributed by atoms with Crippen molar-refractivity contribution in [2.24, 2.45) is 0 Å². The summed E-state index contributed by atoms with van der Waals surface area (Å²) < 4.78 is 0. The van der Waals surface area contributed by atoms with Crippen LogP contribution in [0.3, 0.4) is 0 Å². The third-order valence-electron chi connectivity index (χ3n) is 3.49. The predicted octanol–water partition coefficient (Wildman–Crippen LogP) is 1.66. The summed E-state index contributed by atoms with van der Waals surface area (Å²) in [5, 5.41) is 14.3. The number of carbonyl (C=O) groups excluding carboxylic acids is 2. The molecule has 0 aliphatic carbocycles. The van der Waals surface area contributed by atoms with E-state index in [9.17, 15) is 19.5 Å². The van der Waals surface area contributed by atoms with Gasteiger partial charge in [0.1, 0.15) is 12.1 Å². The monoisotopic (exact) mass is 332 g/mol. The number of allylic oxidation sites excluding steroid dienone is 1. The van der Waals surface area contributed by atoms with E-state index in [0.29, 0.717) is 25.7 Å². The average Bonchev–Trinajstić information content (AvgIpc) is 2.53. The van der Waals surface area contributed by atoms with Crippen molar-refractivity contribution in [3.63, 3.8) is 0 Å². The zero-order valence-electron chi connectivity index (χ0n) is 13.8. The number of aliphatic carboxylic acids is 1. The fourth-order valence-electron chi connectivity index (χ4n) is 2.30. The van der Waals surface area contributed by atoms with Crippen LogP contribution < -0.4 is 10.6 Å². The Labute approximate surface area is 141 Å². The first kappa shape index (κ1) is 19.4. The van der Waals surface area contributed by atoms with E-state index in [1.165, 1.54) is 6.92 Å². The first-order valence-corrected chi connectivity index (χ1v) is 7.89.